The summed E-state index contributed by atoms with van der Waals surface area (Å²) in [4.78, 5) is 23.5. The topological polar surface area (TPSA) is 88.4 Å². The molecular formula is C17H22N2O4. The van der Waals surface area contributed by atoms with E-state index in [1.807, 2.05) is 19.9 Å². The molecule has 23 heavy (non-hydrogen) atoms. The van der Waals surface area contributed by atoms with E-state index in [0.29, 0.717) is 12.1 Å². The Morgan fingerprint density at radius 3 is 2.52 bits per heavy atom. The maximum atomic E-state index is 12.5. The normalized spacial score (nSPS) is 13.1. The molecule has 1 N–H and O–H groups in total. The summed E-state index contributed by atoms with van der Waals surface area (Å²) in [6.07, 6.45) is 0.544. The summed E-state index contributed by atoms with van der Waals surface area (Å²) in [5, 5.41) is 11.9. The van der Waals surface area contributed by atoms with E-state index in [1.165, 1.54) is 32.2 Å². The zero-order valence-corrected chi connectivity index (χ0v) is 14.1. The Morgan fingerprint density at radius 1 is 1.39 bits per heavy atom. The lowest BCUT2D eigenvalue weighted by Gasteiger charge is -2.28. The van der Waals surface area contributed by atoms with E-state index in [2.05, 4.69) is 5.32 Å². The second-order valence-electron chi connectivity index (χ2n) is 5.90. The van der Waals surface area contributed by atoms with Gasteiger partial charge < -0.3 is 14.8 Å². The first kappa shape index (κ1) is 18.7. The third-order valence-electron chi connectivity index (χ3n) is 3.35. The van der Waals surface area contributed by atoms with Gasteiger partial charge in [0.05, 0.1) is 11.3 Å². The lowest BCUT2D eigenvalue weighted by Crippen LogP contribution is -2.43. The molecule has 0 fully saturated rings. The average molecular weight is 318 g/mol. The Bertz CT molecular complexity index is 634. The smallest absolute Gasteiger partial charge is 0.308 e. The monoisotopic (exact) mass is 318 g/mol. The average Bonchev–Trinajstić information content (AvgIpc) is 2.47. The van der Waals surface area contributed by atoms with Crippen molar-refractivity contribution in [2.45, 2.75) is 39.7 Å². The molecule has 0 radical (unpaired) electrons. The van der Waals surface area contributed by atoms with Crippen LogP contribution in [-0.2, 0) is 14.3 Å². The van der Waals surface area contributed by atoms with Crippen LogP contribution in [0.1, 0.15) is 39.7 Å². The number of nitriles is 1. The van der Waals surface area contributed by atoms with Crippen molar-refractivity contribution in [2.75, 3.05) is 12.4 Å². The van der Waals surface area contributed by atoms with Gasteiger partial charge in [0.15, 0.2) is 0 Å². The van der Waals surface area contributed by atoms with E-state index in [-0.39, 0.29) is 23.1 Å². The van der Waals surface area contributed by atoms with Gasteiger partial charge >= 0.3 is 5.97 Å². The number of nitrogens with zero attached hydrogens (tertiary/aromatic N) is 1. The van der Waals surface area contributed by atoms with Crippen molar-refractivity contribution >= 4 is 17.6 Å². The van der Waals surface area contributed by atoms with E-state index >= 15 is 0 Å². The van der Waals surface area contributed by atoms with Crippen molar-refractivity contribution in [1.82, 2.24) is 0 Å². The van der Waals surface area contributed by atoms with Crippen molar-refractivity contribution in [3.63, 3.8) is 0 Å². The summed E-state index contributed by atoms with van der Waals surface area (Å²) in [5.74, 6) is -0.281. The molecule has 124 valence electrons. The van der Waals surface area contributed by atoms with Crippen LogP contribution >= 0.6 is 0 Å². The van der Waals surface area contributed by atoms with Gasteiger partial charge in [-0.05, 0) is 31.4 Å². The number of esters is 1. The molecule has 1 aromatic carbocycles. The molecule has 0 aromatic heterocycles. The Hall–Kier alpha value is -2.39. The zero-order chi connectivity index (χ0) is 17.6. The number of methoxy groups -OCH3 is 1. The first-order valence-electron chi connectivity index (χ1n) is 7.31. The van der Waals surface area contributed by atoms with Gasteiger partial charge in [0.2, 0.25) is 0 Å². The minimum Gasteiger partial charge on any atom is -0.427 e. The third-order valence-corrected chi connectivity index (χ3v) is 3.35. The number of anilines is 1. The van der Waals surface area contributed by atoms with Crippen molar-refractivity contribution in [2.24, 2.45) is 5.92 Å². The molecule has 6 heteroatoms. The van der Waals surface area contributed by atoms with Gasteiger partial charge in [0.1, 0.15) is 17.4 Å². The van der Waals surface area contributed by atoms with Gasteiger partial charge in [0.25, 0.3) is 5.91 Å². The highest BCUT2D eigenvalue weighted by molar-refractivity contribution is 5.98. The molecule has 0 aliphatic heterocycles. The van der Waals surface area contributed by atoms with Crippen molar-refractivity contribution < 1.29 is 19.1 Å². The van der Waals surface area contributed by atoms with Gasteiger partial charge in [-0.1, -0.05) is 13.8 Å². The number of benzene rings is 1. The molecule has 1 atom stereocenters. The second-order valence-corrected chi connectivity index (χ2v) is 5.90. The minimum absolute atomic E-state index is 0.208. The molecule has 0 saturated heterocycles. The second kappa shape index (κ2) is 7.75. The molecule has 1 aromatic rings. The van der Waals surface area contributed by atoms with Crippen LogP contribution in [0.25, 0.3) is 0 Å². The van der Waals surface area contributed by atoms with Crippen LogP contribution in [0.3, 0.4) is 0 Å². The number of nitrogens with one attached hydrogen (secondary N) is 1. The molecule has 6 nitrogen and oxygen atoms in total. The predicted molar refractivity (Wildman–Crippen MR) is 86.0 cm³/mol. The van der Waals surface area contributed by atoms with Gasteiger partial charge in [-0.15, -0.1) is 0 Å². The largest absolute Gasteiger partial charge is 0.427 e. The standard InChI is InChI=1S/C17H22N2O4/c1-11(2)9-17(4,22-5)16(21)19-15-7-6-14(23-12(3)20)8-13(15)10-18/h6-8,11H,9H2,1-5H3,(H,19,21). The highest BCUT2D eigenvalue weighted by Gasteiger charge is 2.34. The molecular weight excluding hydrogens is 296 g/mol. The Kier molecular flexibility index (Phi) is 6.28. The Balaban J connectivity index is 3.02. The summed E-state index contributed by atoms with van der Waals surface area (Å²) < 4.78 is 10.3. The van der Waals surface area contributed by atoms with Crippen molar-refractivity contribution in [3.05, 3.63) is 23.8 Å². The Morgan fingerprint density at radius 2 is 2.04 bits per heavy atom. The van der Waals surface area contributed by atoms with E-state index in [4.69, 9.17) is 9.47 Å². The SMILES string of the molecule is COC(C)(CC(C)C)C(=O)Nc1ccc(OC(C)=O)cc1C#N. The summed E-state index contributed by atoms with van der Waals surface area (Å²) >= 11 is 0. The first-order valence-corrected chi connectivity index (χ1v) is 7.31. The van der Waals surface area contributed by atoms with Gasteiger partial charge in [-0.25, -0.2) is 0 Å². The molecule has 0 aliphatic rings. The number of rotatable bonds is 6. The van der Waals surface area contributed by atoms with Crippen LogP contribution in [0.2, 0.25) is 0 Å². The number of carbonyl (C=O) groups is 2. The van der Waals surface area contributed by atoms with Crippen molar-refractivity contribution in [1.29, 1.82) is 5.26 Å². The lowest BCUT2D eigenvalue weighted by atomic mass is 9.93. The highest BCUT2D eigenvalue weighted by Crippen LogP contribution is 2.26. The quantitative estimate of drug-likeness (QED) is 0.643. The van der Waals surface area contributed by atoms with Crippen molar-refractivity contribution in [3.8, 4) is 11.8 Å². The number of ether oxygens (including phenoxy) is 2. The van der Waals surface area contributed by atoms with Gasteiger partial charge in [0, 0.05) is 20.1 Å². The van der Waals surface area contributed by atoms with Crippen LogP contribution in [0.15, 0.2) is 18.2 Å². The molecule has 0 spiro atoms. The highest BCUT2D eigenvalue weighted by atomic mass is 16.5. The molecule has 0 heterocycles. The minimum atomic E-state index is -0.991. The van der Waals surface area contributed by atoms with E-state index < -0.39 is 11.6 Å². The summed E-state index contributed by atoms with van der Waals surface area (Å²) in [6.45, 7) is 6.98. The Labute approximate surface area is 136 Å². The molecule has 1 unspecified atom stereocenters. The molecule has 0 bridgehead atoms. The number of carbonyl (C=O) groups excluding carboxylic acids is 2. The maximum Gasteiger partial charge on any atom is 0.308 e. The van der Waals surface area contributed by atoms with Gasteiger partial charge in [-0.3, -0.25) is 9.59 Å². The lowest BCUT2D eigenvalue weighted by molar-refractivity contribution is -0.137. The van der Waals surface area contributed by atoms with Crippen LogP contribution < -0.4 is 10.1 Å². The first-order chi connectivity index (χ1) is 10.7. The fourth-order valence-electron chi connectivity index (χ4n) is 2.26. The summed E-state index contributed by atoms with van der Waals surface area (Å²) in [6, 6.07) is 6.43. The zero-order valence-electron chi connectivity index (χ0n) is 14.1. The van der Waals surface area contributed by atoms with Gasteiger partial charge in [-0.2, -0.15) is 5.26 Å². The van der Waals surface area contributed by atoms with E-state index in [1.54, 1.807) is 6.92 Å². The number of hydrogen-bond acceptors (Lipinski definition) is 5. The fourth-order valence-corrected chi connectivity index (χ4v) is 2.26. The number of amides is 1. The van der Waals surface area contributed by atoms with Crippen LogP contribution in [-0.4, -0.2) is 24.6 Å². The van der Waals surface area contributed by atoms with Crippen LogP contribution in [0.4, 0.5) is 5.69 Å². The number of hydrogen-bond donors (Lipinski definition) is 1. The third kappa shape index (κ3) is 5.08. The molecule has 0 saturated carbocycles. The molecule has 1 rings (SSSR count). The maximum absolute atomic E-state index is 12.5. The van der Waals surface area contributed by atoms with Crippen LogP contribution in [0.5, 0.6) is 5.75 Å². The molecule has 1 amide bonds. The van der Waals surface area contributed by atoms with Crippen LogP contribution in [0, 0.1) is 17.2 Å². The fraction of sp³-hybridized carbons (Fsp3) is 0.471. The molecule has 0 aliphatic carbocycles. The summed E-state index contributed by atoms with van der Waals surface area (Å²) in [5.41, 5.74) is -0.435. The van der Waals surface area contributed by atoms with E-state index in [0.717, 1.165) is 0 Å². The summed E-state index contributed by atoms with van der Waals surface area (Å²) in [7, 11) is 1.48. The predicted octanol–water partition coefficient (Wildman–Crippen LogP) is 2.87. The van der Waals surface area contributed by atoms with E-state index in [9.17, 15) is 14.9 Å².